The van der Waals surface area contributed by atoms with Gasteiger partial charge in [-0.15, -0.1) is 0 Å². The highest BCUT2D eigenvalue weighted by Gasteiger charge is 2.30. The Balaban J connectivity index is 2.52. The monoisotopic (exact) mass is 297 g/mol. The van der Waals surface area contributed by atoms with Gasteiger partial charge < -0.3 is 14.9 Å². The van der Waals surface area contributed by atoms with Crippen LogP contribution >= 0.6 is 0 Å². The molecule has 1 saturated heterocycles. The molecule has 8 heteroatoms. The Kier molecular flexibility index (Phi) is 4.08. The summed E-state index contributed by atoms with van der Waals surface area (Å²) in [7, 11) is 1.94. The molecule has 0 saturated carbocycles. The summed E-state index contributed by atoms with van der Waals surface area (Å²) >= 11 is 0. The molecule has 7 nitrogen and oxygen atoms in total. The second-order valence-electron chi connectivity index (χ2n) is 5.19. The number of carbonyl (C=O) groups is 1. The lowest BCUT2D eigenvalue weighted by Crippen LogP contribution is -2.50. The van der Waals surface area contributed by atoms with E-state index in [9.17, 15) is 19.3 Å². The van der Waals surface area contributed by atoms with Crippen LogP contribution in [-0.4, -0.2) is 53.6 Å². The lowest BCUT2D eigenvalue weighted by Gasteiger charge is -2.39. The van der Waals surface area contributed by atoms with E-state index in [4.69, 9.17) is 5.11 Å². The Labute approximate surface area is 120 Å². The van der Waals surface area contributed by atoms with Crippen LogP contribution < -0.4 is 4.90 Å². The van der Waals surface area contributed by atoms with Gasteiger partial charge >= 0.3 is 5.97 Å². The molecule has 1 heterocycles. The number of likely N-dealkylation sites (N-methyl/N-ethyl adjacent to an activating group) is 1. The smallest absolute Gasteiger partial charge is 0.338 e. The van der Waals surface area contributed by atoms with Gasteiger partial charge in [0.15, 0.2) is 0 Å². The van der Waals surface area contributed by atoms with Crippen molar-refractivity contribution in [3.63, 3.8) is 0 Å². The van der Waals surface area contributed by atoms with Crippen molar-refractivity contribution in [2.45, 2.75) is 13.0 Å². The third kappa shape index (κ3) is 2.94. The van der Waals surface area contributed by atoms with Crippen LogP contribution in [0.15, 0.2) is 12.1 Å². The predicted octanol–water partition coefficient (Wildman–Crippen LogP) is 1.57. The number of nitro groups is 1. The normalized spacial score (nSPS) is 19.6. The summed E-state index contributed by atoms with van der Waals surface area (Å²) in [6.45, 7) is 3.80. The Bertz CT molecular complexity index is 593. The quantitative estimate of drug-likeness (QED) is 0.673. The average Bonchev–Trinajstić information content (AvgIpc) is 2.38. The number of benzene rings is 1. The molecule has 114 valence electrons. The van der Waals surface area contributed by atoms with Gasteiger partial charge in [0.25, 0.3) is 5.69 Å². The zero-order chi connectivity index (χ0) is 15.7. The lowest BCUT2D eigenvalue weighted by molar-refractivity contribution is -0.384. The molecule has 0 amide bonds. The summed E-state index contributed by atoms with van der Waals surface area (Å²) in [4.78, 5) is 25.3. The highest BCUT2D eigenvalue weighted by atomic mass is 19.1. The molecule has 1 atom stereocenters. The van der Waals surface area contributed by atoms with Crippen molar-refractivity contribution in [1.82, 2.24) is 4.90 Å². The van der Waals surface area contributed by atoms with Crippen molar-refractivity contribution >= 4 is 17.3 Å². The minimum atomic E-state index is -1.44. The number of carboxylic acid groups (broad SMARTS) is 1. The number of aromatic carboxylic acids is 1. The van der Waals surface area contributed by atoms with E-state index in [0.29, 0.717) is 25.7 Å². The van der Waals surface area contributed by atoms with E-state index in [1.54, 1.807) is 4.90 Å². The summed E-state index contributed by atoms with van der Waals surface area (Å²) in [6.07, 6.45) is 0. The van der Waals surface area contributed by atoms with Crippen LogP contribution in [0.3, 0.4) is 0 Å². The number of rotatable bonds is 3. The van der Waals surface area contributed by atoms with Gasteiger partial charge in [-0.2, -0.15) is 0 Å². The molecule has 1 fully saturated rings. The SMILES string of the molecule is CC1CN(C)CCN1c1cc(C(=O)O)c(F)cc1[N+](=O)[O-]. The summed E-state index contributed by atoms with van der Waals surface area (Å²) in [5.41, 5.74) is -0.810. The van der Waals surface area contributed by atoms with E-state index in [-0.39, 0.29) is 11.7 Å². The van der Waals surface area contributed by atoms with Crippen molar-refractivity contribution in [3.8, 4) is 0 Å². The van der Waals surface area contributed by atoms with E-state index >= 15 is 0 Å². The van der Waals surface area contributed by atoms with E-state index in [2.05, 4.69) is 4.90 Å². The van der Waals surface area contributed by atoms with Crippen molar-refractivity contribution in [3.05, 3.63) is 33.6 Å². The maximum atomic E-state index is 13.7. The highest BCUT2D eigenvalue weighted by molar-refractivity contribution is 5.90. The van der Waals surface area contributed by atoms with Crippen molar-refractivity contribution < 1.29 is 19.2 Å². The summed E-state index contributed by atoms with van der Waals surface area (Å²) in [5.74, 6) is -2.54. The molecule has 1 aromatic carbocycles. The molecule has 1 N–H and O–H groups in total. The van der Waals surface area contributed by atoms with Crippen LogP contribution in [0.5, 0.6) is 0 Å². The van der Waals surface area contributed by atoms with Crippen molar-refractivity contribution in [2.24, 2.45) is 0 Å². The molecule has 0 aromatic heterocycles. The van der Waals surface area contributed by atoms with Crippen LogP contribution in [0.25, 0.3) is 0 Å². The van der Waals surface area contributed by atoms with Gasteiger partial charge in [-0.1, -0.05) is 0 Å². The molecule has 1 aliphatic rings. The van der Waals surface area contributed by atoms with Crippen molar-refractivity contribution in [1.29, 1.82) is 0 Å². The number of carboxylic acids is 1. The molecule has 0 aliphatic carbocycles. The fourth-order valence-electron chi connectivity index (χ4n) is 2.59. The Hall–Kier alpha value is -2.22. The fourth-order valence-corrected chi connectivity index (χ4v) is 2.59. The number of nitrogens with zero attached hydrogens (tertiary/aromatic N) is 3. The second kappa shape index (κ2) is 5.65. The predicted molar refractivity (Wildman–Crippen MR) is 74.3 cm³/mol. The molecule has 21 heavy (non-hydrogen) atoms. The Morgan fingerprint density at radius 2 is 2.14 bits per heavy atom. The number of halogens is 1. The zero-order valence-corrected chi connectivity index (χ0v) is 11.7. The molecule has 0 radical (unpaired) electrons. The molecule has 0 spiro atoms. The first-order valence-electron chi connectivity index (χ1n) is 6.47. The molecule has 1 unspecified atom stereocenters. The van der Waals surface area contributed by atoms with Gasteiger partial charge in [0.1, 0.15) is 11.5 Å². The first kappa shape index (κ1) is 15.2. The van der Waals surface area contributed by atoms with Gasteiger partial charge in [0.05, 0.1) is 16.6 Å². The van der Waals surface area contributed by atoms with E-state index in [1.165, 1.54) is 0 Å². The molecule has 1 aliphatic heterocycles. The fraction of sp³-hybridized carbons (Fsp3) is 0.462. The number of nitro benzene ring substituents is 1. The van der Waals surface area contributed by atoms with Crippen LogP contribution in [0.2, 0.25) is 0 Å². The first-order chi connectivity index (χ1) is 9.81. The maximum Gasteiger partial charge on any atom is 0.338 e. The van der Waals surface area contributed by atoms with E-state index in [1.807, 2.05) is 14.0 Å². The lowest BCUT2D eigenvalue weighted by atomic mass is 10.1. The first-order valence-corrected chi connectivity index (χ1v) is 6.47. The molecular weight excluding hydrogens is 281 g/mol. The third-order valence-electron chi connectivity index (χ3n) is 3.63. The van der Waals surface area contributed by atoms with Gasteiger partial charge in [-0.25, -0.2) is 9.18 Å². The summed E-state index contributed by atoms with van der Waals surface area (Å²) < 4.78 is 13.7. The maximum absolute atomic E-state index is 13.7. The Morgan fingerprint density at radius 1 is 1.48 bits per heavy atom. The summed E-state index contributed by atoms with van der Waals surface area (Å²) in [6, 6.07) is 1.70. The van der Waals surface area contributed by atoms with Crippen molar-refractivity contribution in [2.75, 3.05) is 31.6 Å². The zero-order valence-electron chi connectivity index (χ0n) is 11.7. The number of anilines is 1. The number of piperazine rings is 1. The number of hydrogen-bond donors (Lipinski definition) is 1. The Morgan fingerprint density at radius 3 is 2.67 bits per heavy atom. The van der Waals surface area contributed by atoms with E-state index in [0.717, 1.165) is 6.07 Å². The van der Waals surface area contributed by atoms with Gasteiger partial charge in [-0.05, 0) is 20.0 Å². The average molecular weight is 297 g/mol. The van der Waals surface area contributed by atoms with Gasteiger partial charge in [0, 0.05) is 25.7 Å². The standard InChI is InChI=1S/C13H16FN3O4/c1-8-7-15(2)3-4-16(8)11-5-9(13(18)19)10(14)6-12(11)17(20)21/h5-6,8H,3-4,7H2,1-2H3,(H,18,19). The van der Waals surface area contributed by atoms with Crippen LogP contribution in [0.4, 0.5) is 15.8 Å². The van der Waals surface area contributed by atoms with Gasteiger partial charge in [-0.3, -0.25) is 10.1 Å². The number of hydrogen-bond acceptors (Lipinski definition) is 5. The molecule has 0 bridgehead atoms. The largest absolute Gasteiger partial charge is 0.478 e. The molecular formula is C13H16FN3O4. The molecule has 2 rings (SSSR count). The second-order valence-corrected chi connectivity index (χ2v) is 5.19. The van der Waals surface area contributed by atoms with Crippen LogP contribution in [-0.2, 0) is 0 Å². The van der Waals surface area contributed by atoms with Gasteiger partial charge in [0.2, 0.25) is 0 Å². The minimum absolute atomic E-state index is 0.0328. The third-order valence-corrected chi connectivity index (χ3v) is 3.63. The molecule has 1 aromatic rings. The minimum Gasteiger partial charge on any atom is -0.478 e. The topological polar surface area (TPSA) is 86.9 Å². The summed E-state index contributed by atoms with van der Waals surface area (Å²) in [5, 5.41) is 20.1. The highest BCUT2D eigenvalue weighted by Crippen LogP contribution is 2.33. The van der Waals surface area contributed by atoms with Crippen LogP contribution in [0, 0.1) is 15.9 Å². The van der Waals surface area contributed by atoms with Crippen LogP contribution in [0.1, 0.15) is 17.3 Å². The van der Waals surface area contributed by atoms with E-state index < -0.39 is 28.0 Å².